The van der Waals surface area contributed by atoms with Gasteiger partial charge in [0.25, 0.3) is 0 Å². The van der Waals surface area contributed by atoms with Gasteiger partial charge in [-0.05, 0) is 74.9 Å². The predicted octanol–water partition coefficient (Wildman–Crippen LogP) is 6.84. The molecule has 0 heterocycles. The quantitative estimate of drug-likeness (QED) is 0.377. The first-order chi connectivity index (χ1) is 15.0. The van der Waals surface area contributed by atoms with Gasteiger partial charge in [-0.1, -0.05) is 66.4 Å². The average molecular weight is 463 g/mol. The van der Waals surface area contributed by atoms with E-state index in [4.69, 9.17) is 11.8 Å². The maximum atomic E-state index is 14.1. The Kier molecular flexibility index (Phi) is 6.78. The molecular formula is C27H27O3PS. The van der Waals surface area contributed by atoms with E-state index in [1.165, 1.54) is 0 Å². The summed E-state index contributed by atoms with van der Waals surface area (Å²) in [5, 5.41) is 0. The molecule has 0 saturated carbocycles. The number of aryl methyl sites for hydroxylation is 6. The molecule has 0 aliphatic heterocycles. The Bertz CT molecular complexity index is 1100. The van der Waals surface area contributed by atoms with Crippen LogP contribution in [0.4, 0.5) is 0 Å². The Morgan fingerprint density at radius 3 is 0.875 bits per heavy atom. The monoisotopic (exact) mass is 462 g/mol. The zero-order valence-electron chi connectivity index (χ0n) is 19.3. The highest BCUT2D eigenvalue weighted by molar-refractivity contribution is 8.38. The summed E-state index contributed by atoms with van der Waals surface area (Å²) in [6.07, 6.45) is 0. The zero-order chi connectivity index (χ0) is 23.8. The number of benzene rings is 3. The zero-order valence-corrected chi connectivity index (χ0v) is 21.0. The topological polar surface area (TPSA) is 51.2 Å². The molecule has 5 heteroatoms. The van der Waals surface area contributed by atoms with Crippen molar-refractivity contribution in [2.24, 2.45) is 0 Å². The van der Waals surface area contributed by atoms with Crippen molar-refractivity contribution in [3.8, 4) is 0 Å². The fourth-order valence-electron chi connectivity index (χ4n) is 4.20. The van der Waals surface area contributed by atoms with Gasteiger partial charge in [0.1, 0.15) is 0 Å². The lowest BCUT2D eigenvalue weighted by atomic mass is 10.0. The van der Waals surface area contributed by atoms with Crippen LogP contribution in [0.3, 0.4) is 0 Å². The van der Waals surface area contributed by atoms with Gasteiger partial charge in [-0.3, -0.25) is 14.4 Å². The standard InChI is InChI=1S/C27H27O3PS/c1-16-10-7-11-17(2)22(16)25(28)31(32,26(29)23-18(3)12-8-13-19(23)4)27(30)24-20(5)14-9-15-21(24)6/h7-15H,1-6H3. The molecule has 0 unspecified atom stereocenters. The molecule has 0 atom stereocenters. The van der Waals surface area contributed by atoms with Crippen LogP contribution in [-0.4, -0.2) is 16.6 Å². The van der Waals surface area contributed by atoms with Gasteiger partial charge in [0.15, 0.2) is 6.04 Å². The lowest BCUT2D eigenvalue weighted by Gasteiger charge is -2.23. The second kappa shape index (κ2) is 9.05. The van der Waals surface area contributed by atoms with E-state index in [1.807, 2.05) is 96.1 Å². The van der Waals surface area contributed by atoms with Crippen molar-refractivity contribution in [2.45, 2.75) is 41.5 Å². The summed E-state index contributed by atoms with van der Waals surface area (Å²) < 4.78 is 0. The van der Waals surface area contributed by atoms with Crippen molar-refractivity contribution in [3.05, 3.63) is 105 Å². The minimum absolute atomic E-state index is 0.384. The number of rotatable bonds is 6. The molecule has 0 fully saturated rings. The van der Waals surface area contributed by atoms with Crippen LogP contribution >= 0.6 is 6.04 Å². The Morgan fingerprint density at radius 2 is 0.688 bits per heavy atom. The minimum Gasteiger partial charge on any atom is -0.287 e. The van der Waals surface area contributed by atoms with Gasteiger partial charge < -0.3 is 0 Å². The molecular weight excluding hydrogens is 435 g/mol. The molecule has 3 rings (SSSR count). The molecule has 0 bridgehead atoms. The largest absolute Gasteiger partial charge is 0.287 e. The van der Waals surface area contributed by atoms with Crippen LogP contribution in [0.2, 0.25) is 0 Å². The summed E-state index contributed by atoms with van der Waals surface area (Å²) in [6.45, 7) is 10.9. The molecule has 3 aromatic rings. The number of carbonyl (C=O) groups is 3. The SMILES string of the molecule is Cc1cccc(C)c1C(=O)P(=S)(C(=O)c1c(C)cccc1C)C(=O)c1c(C)cccc1C. The Morgan fingerprint density at radius 1 is 0.500 bits per heavy atom. The van der Waals surface area contributed by atoms with Crippen molar-refractivity contribution in [2.75, 3.05) is 0 Å². The molecule has 0 aliphatic carbocycles. The van der Waals surface area contributed by atoms with Crippen molar-refractivity contribution < 1.29 is 14.4 Å². The normalized spacial score (nSPS) is 11.3. The van der Waals surface area contributed by atoms with E-state index in [1.54, 1.807) is 0 Å². The summed E-state index contributed by atoms with van der Waals surface area (Å²) in [5.41, 5.74) is 3.87. The first kappa shape index (κ1) is 24.0. The molecule has 0 radical (unpaired) electrons. The van der Waals surface area contributed by atoms with Gasteiger partial charge in [0, 0.05) is 16.7 Å². The number of hydrogen-bond acceptors (Lipinski definition) is 4. The molecule has 0 amide bonds. The van der Waals surface area contributed by atoms with E-state index < -0.39 is 22.6 Å². The van der Waals surface area contributed by atoms with E-state index in [2.05, 4.69) is 0 Å². The van der Waals surface area contributed by atoms with Crippen LogP contribution in [0.5, 0.6) is 0 Å². The summed E-state index contributed by atoms with van der Waals surface area (Å²) >= 11 is 5.94. The van der Waals surface area contributed by atoms with E-state index >= 15 is 0 Å². The molecule has 0 aromatic heterocycles. The third kappa shape index (κ3) is 3.94. The number of hydrogen-bond donors (Lipinski definition) is 0. The van der Waals surface area contributed by atoms with Gasteiger partial charge in [0.2, 0.25) is 16.6 Å². The Balaban J connectivity index is 2.36. The Labute approximate surface area is 194 Å². The predicted molar refractivity (Wildman–Crippen MR) is 135 cm³/mol. The molecule has 32 heavy (non-hydrogen) atoms. The van der Waals surface area contributed by atoms with Crippen molar-refractivity contribution in [3.63, 3.8) is 0 Å². The third-order valence-corrected chi connectivity index (χ3v) is 9.82. The lowest BCUT2D eigenvalue weighted by molar-refractivity contribution is 0.102. The first-order valence-electron chi connectivity index (χ1n) is 10.4. The minimum atomic E-state index is -3.90. The summed E-state index contributed by atoms with van der Waals surface area (Å²) in [6, 6.07) is 12.5. The highest BCUT2D eigenvalue weighted by Crippen LogP contribution is 2.57. The molecule has 0 aliphatic rings. The fourth-order valence-corrected chi connectivity index (χ4v) is 7.58. The second-order valence-corrected chi connectivity index (χ2v) is 12.4. The molecule has 3 aromatic carbocycles. The highest BCUT2D eigenvalue weighted by Gasteiger charge is 2.45. The Hall–Kier alpha value is -2.68. The molecule has 0 saturated heterocycles. The van der Waals surface area contributed by atoms with Crippen molar-refractivity contribution in [1.82, 2.24) is 0 Å². The van der Waals surface area contributed by atoms with E-state index in [-0.39, 0.29) is 0 Å². The van der Waals surface area contributed by atoms with Crippen LogP contribution in [0.1, 0.15) is 64.5 Å². The summed E-state index contributed by atoms with van der Waals surface area (Å²) in [5.74, 6) is 0. The van der Waals surface area contributed by atoms with Gasteiger partial charge >= 0.3 is 0 Å². The molecule has 164 valence electrons. The second-order valence-electron chi connectivity index (χ2n) is 8.33. The van der Waals surface area contributed by atoms with Crippen LogP contribution < -0.4 is 0 Å². The lowest BCUT2D eigenvalue weighted by Crippen LogP contribution is -2.21. The first-order valence-corrected chi connectivity index (χ1v) is 13.3. The molecule has 3 nitrogen and oxygen atoms in total. The van der Waals surface area contributed by atoms with Crippen LogP contribution in [0, 0.1) is 41.5 Å². The van der Waals surface area contributed by atoms with E-state index in [0.29, 0.717) is 50.1 Å². The summed E-state index contributed by atoms with van der Waals surface area (Å²) in [7, 11) is 0. The summed E-state index contributed by atoms with van der Waals surface area (Å²) in [4.78, 5) is 42.3. The van der Waals surface area contributed by atoms with Crippen molar-refractivity contribution in [1.29, 1.82) is 0 Å². The smallest absolute Gasteiger partial charge is 0.209 e. The number of carbonyl (C=O) groups excluding carboxylic acids is 3. The maximum absolute atomic E-state index is 14.1. The fraction of sp³-hybridized carbons (Fsp3) is 0.222. The highest BCUT2D eigenvalue weighted by atomic mass is 32.4. The van der Waals surface area contributed by atoms with Crippen molar-refractivity contribution >= 4 is 34.4 Å². The van der Waals surface area contributed by atoms with E-state index in [0.717, 1.165) is 0 Å². The van der Waals surface area contributed by atoms with Crippen LogP contribution in [0.25, 0.3) is 0 Å². The average Bonchev–Trinajstić information content (AvgIpc) is 2.72. The van der Waals surface area contributed by atoms with Gasteiger partial charge in [0.05, 0.1) is 0 Å². The van der Waals surface area contributed by atoms with Crippen LogP contribution in [-0.2, 0) is 11.8 Å². The van der Waals surface area contributed by atoms with E-state index in [9.17, 15) is 14.4 Å². The van der Waals surface area contributed by atoms with Crippen LogP contribution in [0.15, 0.2) is 54.6 Å². The third-order valence-electron chi connectivity index (χ3n) is 5.94. The van der Waals surface area contributed by atoms with Gasteiger partial charge in [-0.2, -0.15) is 0 Å². The van der Waals surface area contributed by atoms with Gasteiger partial charge in [-0.25, -0.2) is 0 Å². The molecule has 0 N–H and O–H groups in total. The molecule has 0 spiro atoms. The van der Waals surface area contributed by atoms with Gasteiger partial charge in [-0.15, -0.1) is 0 Å². The maximum Gasteiger partial charge on any atom is 0.209 e.